The van der Waals surface area contributed by atoms with Crippen LogP contribution in [0.4, 0.5) is 0 Å². The zero-order valence-electron chi connectivity index (χ0n) is 14.7. The van der Waals surface area contributed by atoms with Crippen molar-refractivity contribution >= 4 is 5.97 Å². The number of aliphatic carboxylic acids is 1. The van der Waals surface area contributed by atoms with Gasteiger partial charge in [-0.05, 0) is 25.5 Å². The van der Waals surface area contributed by atoms with Crippen molar-refractivity contribution in [3.63, 3.8) is 0 Å². The first-order chi connectivity index (χ1) is 11.6. The summed E-state index contributed by atoms with van der Waals surface area (Å²) in [6, 6.07) is 10.7. The van der Waals surface area contributed by atoms with Crippen molar-refractivity contribution in [1.82, 2.24) is 4.90 Å². The summed E-state index contributed by atoms with van der Waals surface area (Å²) < 4.78 is 11.7. The molecule has 0 amide bonds. The van der Waals surface area contributed by atoms with Crippen molar-refractivity contribution in [2.45, 2.75) is 57.7 Å². The molecule has 1 fully saturated rings. The molecule has 1 saturated heterocycles. The van der Waals surface area contributed by atoms with Crippen LogP contribution in [0.25, 0.3) is 0 Å². The van der Waals surface area contributed by atoms with Crippen molar-refractivity contribution in [2.24, 2.45) is 0 Å². The number of hydrogen-bond donors (Lipinski definition) is 1. The minimum atomic E-state index is -0.817. The van der Waals surface area contributed by atoms with Crippen LogP contribution in [0.1, 0.15) is 39.5 Å². The summed E-state index contributed by atoms with van der Waals surface area (Å²) in [4.78, 5) is 13.1. The summed E-state index contributed by atoms with van der Waals surface area (Å²) in [6.07, 6.45) is 3.41. The summed E-state index contributed by atoms with van der Waals surface area (Å²) in [6.45, 7) is 6.17. The summed E-state index contributed by atoms with van der Waals surface area (Å²) in [5.74, 6) is 0.0842. The van der Waals surface area contributed by atoms with Gasteiger partial charge in [0.1, 0.15) is 11.9 Å². The fraction of sp³-hybridized carbons (Fsp3) is 0.632. The van der Waals surface area contributed by atoms with Gasteiger partial charge in [0.2, 0.25) is 0 Å². The summed E-state index contributed by atoms with van der Waals surface area (Å²) in [5.41, 5.74) is 0. The number of carbonyl (C=O) groups is 1. The average molecular weight is 335 g/mol. The number of benzene rings is 1. The minimum Gasteiger partial charge on any atom is -0.489 e. The van der Waals surface area contributed by atoms with E-state index in [4.69, 9.17) is 14.6 Å². The largest absolute Gasteiger partial charge is 0.489 e. The Morgan fingerprint density at radius 2 is 2.12 bits per heavy atom. The van der Waals surface area contributed by atoms with Crippen LogP contribution in [0.2, 0.25) is 0 Å². The van der Waals surface area contributed by atoms with E-state index in [1.807, 2.05) is 30.3 Å². The third-order valence-electron chi connectivity index (χ3n) is 4.51. The standard InChI is InChI=1S/C19H29NO4/c1-3-7-15(2)20-13-18(24-17-8-5-4-6-9-17)12-16(20)14-23-11-10-19(21)22/h4-6,8-9,15-16,18H,3,7,10-14H2,1-2H3,(H,21,22)/t15?,16-,18-/m0/s1. The van der Waals surface area contributed by atoms with Crippen LogP contribution in [0, 0.1) is 0 Å². The third-order valence-corrected chi connectivity index (χ3v) is 4.51. The number of carboxylic acids is 1. The Labute approximate surface area is 144 Å². The van der Waals surface area contributed by atoms with Crippen LogP contribution in [0.15, 0.2) is 30.3 Å². The zero-order valence-corrected chi connectivity index (χ0v) is 14.7. The highest BCUT2D eigenvalue weighted by atomic mass is 16.5. The Morgan fingerprint density at radius 1 is 1.38 bits per heavy atom. The number of rotatable bonds is 10. The number of carboxylic acid groups (broad SMARTS) is 1. The van der Waals surface area contributed by atoms with Gasteiger partial charge in [-0.3, -0.25) is 9.69 Å². The van der Waals surface area contributed by atoms with Gasteiger partial charge in [0, 0.05) is 25.0 Å². The van der Waals surface area contributed by atoms with Crippen LogP contribution in [0.3, 0.4) is 0 Å². The molecule has 2 rings (SSSR count). The molecule has 1 aliphatic rings. The molecule has 1 aliphatic heterocycles. The molecule has 1 unspecified atom stereocenters. The normalized spacial score (nSPS) is 22.4. The summed E-state index contributed by atoms with van der Waals surface area (Å²) in [5, 5.41) is 8.71. The average Bonchev–Trinajstić information content (AvgIpc) is 2.95. The van der Waals surface area contributed by atoms with Gasteiger partial charge in [-0.1, -0.05) is 31.5 Å². The topological polar surface area (TPSA) is 59.0 Å². The van der Waals surface area contributed by atoms with E-state index >= 15 is 0 Å². The molecule has 0 saturated carbocycles. The molecule has 1 aromatic carbocycles. The van der Waals surface area contributed by atoms with Gasteiger partial charge in [0.25, 0.3) is 0 Å². The number of para-hydroxylation sites is 1. The first-order valence-electron chi connectivity index (χ1n) is 8.87. The number of nitrogens with zero attached hydrogens (tertiary/aromatic N) is 1. The lowest BCUT2D eigenvalue weighted by molar-refractivity contribution is -0.138. The van der Waals surface area contributed by atoms with E-state index < -0.39 is 5.97 Å². The van der Waals surface area contributed by atoms with Gasteiger partial charge in [-0.2, -0.15) is 0 Å². The highest BCUT2D eigenvalue weighted by Gasteiger charge is 2.35. The van der Waals surface area contributed by atoms with Crippen molar-refractivity contribution in [3.05, 3.63) is 30.3 Å². The Bertz CT molecular complexity index is 493. The van der Waals surface area contributed by atoms with Crippen LogP contribution in [0.5, 0.6) is 5.75 Å². The van der Waals surface area contributed by atoms with Crippen LogP contribution >= 0.6 is 0 Å². The van der Waals surface area contributed by atoms with Crippen molar-refractivity contribution in [1.29, 1.82) is 0 Å². The van der Waals surface area contributed by atoms with Gasteiger partial charge < -0.3 is 14.6 Å². The molecule has 0 aromatic heterocycles. The number of hydrogen-bond acceptors (Lipinski definition) is 4. The molecular formula is C19H29NO4. The van der Waals surface area contributed by atoms with Crippen LogP contribution in [-0.2, 0) is 9.53 Å². The molecule has 134 valence electrons. The van der Waals surface area contributed by atoms with E-state index in [0.717, 1.165) is 31.6 Å². The minimum absolute atomic E-state index is 0.0567. The van der Waals surface area contributed by atoms with Gasteiger partial charge in [0.15, 0.2) is 0 Å². The number of likely N-dealkylation sites (tertiary alicyclic amines) is 1. The highest BCUT2D eigenvalue weighted by molar-refractivity contribution is 5.66. The lowest BCUT2D eigenvalue weighted by Gasteiger charge is -2.30. The van der Waals surface area contributed by atoms with Gasteiger partial charge in [0.05, 0.1) is 19.6 Å². The quantitative estimate of drug-likeness (QED) is 0.666. The Kier molecular flexibility index (Phi) is 7.53. The van der Waals surface area contributed by atoms with E-state index in [2.05, 4.69) is 18.7 Å². The Hall–Kier alpha value is -1.59. The zero-order chi connectivity index (χ0) is 17.4. The van der Waals surface area contributed by atoms with Crippen molar-refractivity contribution < 1.29 is 19.4 Å². The van der Waals surface area contributed by atoms with E-state index in [1.54, 1.807) is 0 Å². The van der Waals surface area contributed by atoms with Crippen LogP contribution in [-0.4, -0.2) is 53.9 Å². The molecule has 0 aliphatic carbocycles. The lowest BCUT2D eigenvalue weighted by atomic mass is 10.1. The third kappa shape index (κ3) is 5.80. The maximum Gasteiger partial charge on any atom is 0.305 e. The second-order valence-electron chi connectivity index (χ2n) is 6.50. The molecule has 24 heavy (non-hydrogen) atoms. The second kappa shape index (κ2) is 9.64. The lowest BCUT2D eigenvalue weighted by Crippen LogP contribution is -2.40. The van der Waals surface area contributed by atoms with E-state index in [-0.39, 0.29) is 25.2 Å². The Morgan fingerprint density at radius 3 is 2.79 bits per heavy atom. The van der Waals surface area contributed by atoms with Gasteiger partial charge in [-0.15, -0.1) is 0 Å². The maximum atomic E-state index is 10.6. The maximum absolute atomic E-state index is 10.6. The molecule has 5 heteroatoms. The summed E-state index contributed by atoms with van der Waals surface area (Å²) in [7, 11) is 0. The molecular weight excluding hydrogens is 306 g/mol. The van der Waals surface area contributed by atoms with Crippen molar-refractivity contribution in [2.75, 3.05) is 19.8 Å². The Balaban J connectivity index is 1.90. The van der Waals surface area contributed by atoms with Gasteiger partial charge in [-0.25, -0.2) is 0 Å². The fourth-order valence-corrected chi connectivity index (χ4v) is 3.34. The molecule has 1 heterocycles. The highest BCUT2D eigenvalue weighted by Crippen LogP contribution is 2.26. The molecule has 5 nitrogen and oxygen atoms in total. The fourth-order valence-electron chi connectivity index (χ4n) is 3.34. The van der Waals surface area contributed by atoms with Crippen LogP contribution < -0.4 is 4.74 Å². The number of ether oxygens (including phenoxy) is 2. The van der Waals surface area contributed by atoms with E-state index in [9.17, 15) is 4.79 Å². The molecule has 1 N–H and O–H groups in total. The summed E-state index contributed by atoms with van der Waals surface area (Å²) >= 11 is 0. The predicted molar refractivity (Wildman–Crippen MR) is 93.4 cm³/mol. The van der Waals surface area contributed by atoms with Crippen molar-refractivity contribution in [3.8, 4) is 5.75 Å². The van der Waals surface area contributed by atoms with E-state index in [0.29, 0.717) is 12.6 Å². The monoisotopic (exact) mass is 335 g/mol. The van der Waals surface area contributed by atoms with E-state index in [1.165, 1.54) is 0 Å². The molecule has 0 bridgehead atoms. The predicted octanol–water partition coefficient (Wildman–Crippen LogP) is 3.19. The molecule has 0 spiro atoms. The molecule has 1 aromatic rings. The second-order valence-corrected chi connectivity index (χ2v) is 6.50. The molecule has 0 radical (unpaired) electrons. The first-order valence-corrected chi connectivity index (χ1v) is 8.87. The smallest absolute Gasteiger partial charge is 0.305 e. The molecule has 3 atom stereocenters. The SMILES string of the molecule is CCCC(C)N1C[C@@H](Oc2ccccc2)C[C@H]1COCCC(=O)O. The first kappa shape index (κ1) is 18.7. The van der Waals surface area contributed by atoms with Gasteiger partial charge >= 0.3 is 5.97 Å².